The van der Waals surface area contributed by atoms with Crippen molar-refractivity contribution in [2.75, 3.05) is 39.3 Å². The summed E-state index contributed by atoms with van der Waals surface area (Å²) in [6.07, 6.45) is 10.6. The van der Waals surface area contributed by atoms with E-state index in [9.17, 15) is 0 Å². The Morgan fingerprint density at radius 2 is 1.17 bits per heavy atom. The van der Waals surface area contributed by atoms with Crippen LogP contribution in [-0.2, 0) is 4.57 Å². The van der Waals surface area contributed by atoms with E-state index in [1.54, 1.807) is 0 Å². The average molecular weight is 437 g/mol. The minimum absolute atomic E-state index is 0.707. The SMILES string of the molecule is O=P(C(=Nc1ccc(Cl)cc1)N1CCCCC1)(N1CCCCC1)N1CCCCC1. The van der Waals surface area contributed by atoms with Gasteiger partial charge in [-0.05, 0) is 69.2 Å². The molecule has 3 heterocycles. The van der Waals surface area contributed by atoms with Crippen LogP contribution < -0.4 is 0 Å². The van der Waals surface area contributed by atoms with Crippen molar-refractivity contribution in [3.05, 3.63) is 29.3 Å². The molecule has 0 unspecified atom stereocenters. The van der Waals surface area contributed by atoms with Gasteiger partial charge in [-0.3, -0.25) is 4.57 Å². The molecule has 0 amide bonds. The molecule has 7 heteroatoms. The number of nitrogens with zero attached hydrogens (tertiary/aromatic N) is 4. The highest BCUT2D eigenvalue weighted by Crippen LogP contribution is 2.58. The summed E-state index contributed by atoms with van der Waals surface area (Å²) in [5.74, 6) is 0. The zero-order chi connectivity index (χ0) is 20.1. The molecular formula is C22H34ClN4OP. The van der Waals surface area contributed by atoms with Crippen molar-refractivity contribution >= 4 is 30.3 Å². The number of aliphatic imine (C=N–C) groups is 1. The maximum atomic E-state index is 15.0. The number of hydrogen-bond acceptors (Lipinski definition) is 2. The Kier molecular flexibility index (Phi) is 7.34. The summed E-state index contributed by atoms with van der Waals surface area (Å²) in [4.78, 5) is 7.42. The molecule has 1 aromatic rings. The molecule has 0 aromatic heterocycles. The third kappa shape index (κ3) is 4.90. The predicted octanol–water partition coefficient (Wildman–Crippen LogP) is 5.98. The normalized spacial score (nSPS) is 23.3. The Hall–Kier alpha value is -0.870. The van der Waals surface area contributed by atoms with Gasteiger partial charge in [0, 0.05) is 44.3 Å². The summed E-state index contributed by atoms with van der Waals surface area (Å²) < 4.78 is 19.6. The van der Waals surface area contributed by atoms with Crippen molar-refractivity contribution in [1.29, 1.82) is 0 Å². The van der Waals surface area contributed by atoms with Gasteiger partial charge in [0.15, 0.2) is 5.58 Å². The molecule has 3 fully saturated rings. The fourth-order valence-electron chi connectivity index (χ4n) is 4.77. The van der Waals surface area contributed by atoms with E-state index < -0.39 is 7.44 Å². The lowest BCUT2D eigenvalue weighted by Crippen LogP contribution is -2.46. The van der Waals surface area contributed by atoms with E-state index in [-0.39, 0.29) is 0 Å². The van der Waals surface area contributed by atoms with E-state index in [0.29, 0.717) is 5.02 Å². The van der Waals surface area contributed by atoms with Gasteiger partial charge in [-0.15, -0.1) is 0 Å². The van der Waals surface area contributed by atoms with Gasteiger partial charge < -0.3 is 4.90 Å². The van der Waals surface area contributed by atoms with Gasteiger partial charge in [0.05, 0.1) is 5.69 Å². The molecule has 0 bridgehead atoms. The number of rotatable bonds is 4. The molecule has 0 spiro atoms. The molecular weight excluding hydrogens is 403 g/mol. The van der Waals surface area contributed by atoms with Gasteiger partial charge in [-0.2, -0.15) is 0 Å². The first-order valence-corrected chi connectivity index (χ1v) is 13.4. The Morgan fingerprint density at radius 1 is 0.724 bits per heavy atom. The van der Waals surface area contributed by atoms with Crippen LogP contribution in [0.2, 0.25) is 5.02 Å². The molecule has 160 valence electrons. The van der Waals surface area contributed by atoms with Crippen molar-refractivity contribution in [1.82, 2.24) is 14.2 Å². The third-order valence-electron chi connectivity index (χ3n) is 6.39. The van der Waals surface area contributed by atoms with Crippen LogP contribution in [0.15, 0.2) is 29.3 Å². The minimum Gasteiger partial charge on any atom is -0.352 e. The van der Waals surface area contributed by atoms with Gasteiger partial charge in [-0.25, -0.2) is 14.3 Å². The van der Waals surface area contributed by atoms with Crippen LogP contribution in [0.25, 0.3) is 0 Å². The van der Waals surface area contributed by atoms with Crippen molar-refractivity contribution < 1.29 is 4.57 Å². The summed E-state index contributed by atoms with van der Waals surface area (Å²) in [5.41, 5.74) is 1.67. The fourth-order valence-corrected chi connectivity index (χ4v) is 8.23. The van der Waals surface area contributed by atoms with Crippen molar-refractivity contribution in [3.63, 3.8) is 0 Å². The first-order valence-electron chi connectivity index (χ1n) is 11.4. The van der Waals surface area contributed by atoms with Crippen molar-refractivity contribution in [3.8, 4) is 0 Å². The number of likely N-dealkylation sites (tertiary alicyclic amines) is 1. The second-order valence-corrected chi connectivity index (χ2v) is 11.6. The van der Waals surface area contributed by atoms with E-state index in [2.05, 4.69) is 14.2 Å². The maximum Gasteiger partial charge on any atom is 0.280 e. The molecule has 1 aromatic carbocycles. The number of halogens is 1. The molecule has 4 rings (SSSR count). The Balaban J connectivity index is 1.77. The molecule has 3 aliphatic heterocycles. The van der Waals surface area contributed by atoms with Crippen LogP contribution in [0.4, 0.5) is 5.69 Å². The van der Waals surface area contributed by atoms with E-state index in [4.69, 9.17) is 16.6 Å². The number of piperidine rings is 3. The highest BCUT2D eigenvalue weighted by atomic mass is 35.5. The Bertz CT molecular complexity index is 714. The number of hydrogen-bond donors (Lipinski definition) is 0. The van der Waals surface area contributed by atoms with Crippen molar-refractivity contribution in [2.24, 2.45) is 4.99 Å². The molecule has 3 aliphatic rings. The van der Waals surface area contributed by atoms with Crippen molar-refractivity contribution in [2.45, 2.75) is 57.8 Å². The average Bonchev–Trinajstić information content (AvgIpc) is 2.80. The monoisotopic (exact) mass is 436 g/mol. The topological polar surface area (TPSA) is 39.2 Å². The van der Waals surface area contributed by atoms with Gasteiger partial charge in [0.1, 0.15) is 0 Å². The van der Waals surface area contributed by atoms with Crippen LogP contribution in [0, 0.1) is 0 Å². The summed E-state index contributed by atoms with van der Waals surface area (Å²) in [6, 6.07) is 7.65. The highest BCUT2D eigenvalue weighted by molar-refractivity contribution is 7.76. The quantitative estimate of drug-likeness (QED) is 0.330. The van der Waals surface area contributed by atoms with Crippen LogP contribution in [0.3, 0.4) is 0 Å². The van der Waals surface area contributed by atoms with E-state index in [0.717, 1.165) is 89.1 Å². The first kappa shape index (κ1) is 21.4. The molecule has 0 saturated carbocycles. The summed E-state index contributed by atoms with van der Waals surface area (Å²) in [7, 11) is -2.92. The fraction of sp³-hybridized carbons (Fsp3) is 0.682. The van der Waals surface area contributed by atoms with Crippen LogP contribution in [0.1, 0.15) is 57.8 Å². The predicted molar refractivity (Wildman–Crippen MR) is 122 cm³/mol. The summed E-state index contributed by atoms with van der Waals surface area (Å²) in [5, 5.41) is 0.707. The minimum atomic E-state index is -2.92. The van der Waals surface area contributed by atoms with E-state index in [1.807, 2.05) is 24.3 Å². The summed E-state index contributed by atoms with van der Waals surface area (Å²) in [6.45, 7) is 5.58. The second-order valence-electron chi connectivity index (χ2n) is 8.51. The second kappa shape index (κ2) is 9.96. The molecule has 0 N–H and O–H groups in total. The third-order valence-corrected chi connectivity index (χ3v) is 9.88. The van der Waals surface area contributed by atoms with Gasteiger partial charge >= 0.3 is 0 Å². The van der Waals surface area contributed by atoms with Gasteiger partial charge in [0.2, 0.25) is 0 Å². The molecule has 3 saturated heterocycles. The largest absolute Gasteiger partial charge is 0.352 e. The van der Waals surface area contributed by atoms with E-state index in [1.165, 1.54) is 19.3 Å². The summed E-state index contributed by atoms with van der Waals surface area (Å²) >= 11 is 6.10. The van der Waals surface area contributed by atoms with E-state index >= 15 is 4.57 Å². The molecule has 0 radical (unpaired) electrons. The lowest BCUT2D eigenvalue weighted by atomic mass is 10.1. The molecule has 29 heavy (non-hydrogen) atoms. The lowest BCUT2D eigenvalue weighted by Gasteiger charge is -2.45. The van der Waals surface area contributed by atoms with Gasteiger partial charge in [-0.1, -0.05) is 24.4 Å². The Morgan fingerprint density at radius 3 is 1.66 bits per heavy atom. The van der Waals surface area contributed by atoms with Crippen LogP contribution in [-0.4, -0.2) is 59.1 Å². The van der Waals surface area contributed by atoms with Gasteiger partial charge in [0.25, 0.3) is 7.44 Å². The highest BCUT2D eigenvalue weighted by Gasteiger charge is 2.45. The standard InChI is InChI=1S/C22H34ClN4OP/c23-20-10-12-21(13-11-20)24-22(25-14-4-1-5-15-25)29(28,26-16-6-2-7-17-26)27-18-8-3-9-19-27/h10-13H,1-9,14-19H2. The molecule has 0 atom stereocenters. The smallest absolute Gasteiger partial charge is 0.280 e. The van der Waals surface area contributed by atoms with Crippen LogP contribution >= 0.6 is 19.0 Å². The maximum absolute atomic E-state index is 15.0. The Labute approximate surface area is 180 Å². The zero-order valence-electron chi connectivity index (χ0n) is 17.4. The number of benzene rings is 1. The molecule has 0 aliphatic carbocycles. The van der Waals surface area contributed by atoms with Crippen LogP contribution in [0.5, 0.6) is 0 Å². The zero-order valence-corrected chi connectivity index (χ0v) is 19.1. The number of amidine groups is 1. The molecule has 5 nitrogen and oxygen atoms in total. The first-order chi connectivity index (χ1) is 14.2. The lowest BCUT2D eigenvalue weighted by molar-refractivity contribution is 0.276.